The molecular weight excluding hydrogens is 949 g/mol. The van der Waals surface area contributed by atoms with Crippen molar-refractivity contribution in [2.75, 3.05) is 13.2 Å². The molecule has 0 bridgehead atoms. The van der Waals surface area contributed by atoms with E-state index in [0.717, 1.165) is 109 Å². The van der Waals surface area contributed by atoms with E-state index in [-0.39, 0.29) is 31.1 Å². The van der Waals surface area contributed by atoms with E-state index in [1.807, 2.05) is 0 Å². The van der Waals surface area contributed by atoms with Crippen LogP contribution in [0.25, 0.3) is 0 Å². The lowest BCUT2D eigenvalue weighted by Gasteiger charge is -2.18. The van der Waals surface area contributed by atoms with Gasteiger partial charge in [0.2, 0.25) is 0 Å². The van der Waals surface area contributed by atoms with Crippen molar-refractivity contribution >= 4 is 17.9 Å². The summed E-state index contributed by atoms with van der Waals surface area (Å²) in [5.41, 5.74) is 0. The van der Waals surface area contributed by atoms with Gasteiger partial charge in [0.15, 0.2) is 6.10 Å². The topological polar surface area (TPSA) is 78.9 Å². The highest BCUT2D eigenvalue weighted by Gasteiger charge is 2.19. The summed E-state index contributed by atoms with van der Waals surface area (Å²) in [6, 6.07) is 0. The summed E-state index contributed by atoms with van der Waals surface area (Å²) in [5, 5.41) is 0. The smallest absolute Gasteiger partial charge is 0.306 e. The predicted molar refractivity (Wildman–Crippen MR) is 335 cm³/mol. The van der Waals surface area contributed by atoms with Crippen LogP contribution in [0.4, 0.5) is 0 Å². The molecule has 0 heterocycles. The number of hydrogen-bond acceptors (Lipinski definition) is 6. The monoisotopic (exact) mass is 1070 g/mol. The molecule has 0 aromatic carbocycles. The fraction of sp³-hybridized carbons (Fsp3) is 0.789. The summed E-state index contributed by atoms with van der Waals surface area (Å²) in [6.45, 7) is 6.55. The molecule has 0 saturated carbocycles. The van der Waals surface area contributed by atoms with Gasteiger partial charge in [0.25, 0.3) is 0 Å². The molecule has 0 saturated heterocycles. The summed E-state index contributed by atoms with van der Waals surface area (Å²) in [6.07, 6.45) is 84.8. The summed E-state index contributed by atoms with van der Waals surface area (Å²) in [7, 11) is 0. The van der Waals surface area contributed by atoms with E-state index < -0.39 is 6.10 Å². The molecule has 0 radical (unpaired) electrons. The highest BCUT2D eigenvalue weighted by Crippen LogP contribution is 2.17. The number of allylic oxidation sites excluding steroid dienone is 12. The maximum absolute atomic E-state index is 12.9. The average Bonchev–Trinajstić information content (AvgIpc) is 3.43. The van der Waals surface area contributed by atoms with Gasteiger partial charge in [0.05, 0.1) is 0 Å². The average molecular weight is 1080 g/mol. The standard InChI is InChI=1S/C71H126O6/c1-4-7-10-13-16-19-22-25-28-30-32-33-34-35-36-37-39-40-43-46-49-52-55-58-61-64-70(73)76-67-68(66-75-69(72)63-60-57-54-51-48-45-42-27-24-21-18-15-12-9-6-3)77-71(74)65-62-59-56-53-50-47-44-41-38-31-29-26-23-20-17-14-11-8-5-2/h9,12,18,21-22,25,27,30,32,34-35,42,68H,4-8,10-11,13-17,19-20,23-24,26,28-29,31,33,36-41,43-67H2,1-3H3/b12-9-,21-18-,25-22-,32-30-,35-34-,42-27-. The first-order valence-corrected chi connectivity index (χ1v) is 33.4. The molecule has 1 atom stereocenters. The fourth-order valence-corrected chi connectivity index (χ4v) is 9.70. The minimum Gasteiger partial charge on any atom is -0.462 e. The van der Waals surface area contributed by atoms with Crippen molar-refractivity contribution in [3.8, 4) is 0 Å². The number of carbonyl (C=O) groups is 3. The molecule has 0 aromatic heterocycles. The number of esters is 3. The Morgan fingerprint density at radius 2 is 0.506 bits per heavy atom. The summed E-state index contributed by atoms with van der Waals surface area (Å²) in [4.78, 5) is 38.4. The summed E-state index contributed by atoms with van der Waals surface area (Å²) < 4.78 is 17.0. The molecule has 77 heavy (non-hydrogen) atoms. The van der Waals surface area contributed by atoms with Gasteiger partial charge in [-0.25, -0.2) is 0 Å². The van der Waals surface area contributed by atoms with Gasteiger partial charge in [-0.05, 0) is 89.9 Å². The lowest BCUT2D eigenvalue weighted by molar-refractivity contribution is -0.167. The van der Waals surface area contributed by atoms with Crippen LogP contribution in [-0.4, -0.2) is 37.2 Å². The van der Waals surface area contributed by atoms with Crippen molar-refractivity contribution in [3.63, 3.8) is 0 Å². The first kappa shape index (κ1) is 73.8. The Hall–Kier alpha value is -3.15. The fourth-order valence-electron chi connectivity index (χ4n) is 9.70. The zero-order valence-electron chi connectivity index (χ0n) is 51.2. The maximum Gasteiger partial charge on any atom is 0.306 e. The van der Waals surface area contributed by atoms with E-state index in [2.05, 4.69) is 93.7 Å². The Kier molecular flexibility index (Phi) is 62.7. The van der Waals surface area contributed by atoms with Crippen LogP contribution in [0.1, 0.15) is 342 Å². The number of carbonyl (C=O) groups excluding carboxylic acids is 3. The summed E-state index contributed by atoms with van der Waals surface area (Å²) in [5.74, 6) is -0.882. The molecule has 0 aliphatic heterocycles. The highest BCUT2D eigenvalue weighted by atomic mass is 16.6. The van der Waals surface area contributed by atoms with E-state index in [4.69, 9.17) is 14.2 Å². The van der Waals surface area contributed by atoms with Crippen molar-refractivity contribution in [3.05, 3.63) is 72.9 Å². The van der Waals surface area contributed by atoms with Crippen molar-refractivity contribution in [2.45, 2.75) is 348 Å². The zero-order chi connectivity index (χ0) is 55.7. The lowest BCUT2D eigenvalue weighted by Crippen LogP contribution is -2.30. The largest absolute Gasteiger partial charge is 0.462 e. The molecule has 446 valence electrons. The van der Waals surface area contributed by atoms with Gasteiger partial charge in [-0.3, -0.25) is 14.4 Å². The van der Waals surface area contributed by atoms with Crippen LogP contribution in [0.15, 0.2) is 72.9 Å². The third-order valence-electron chi connectivity index (χ3n) is 14.7. The molecule has 0 N–H and O–H groups in total. The van der Waals surface area contributed by atoms with Gasteiger partial charge >= 0.3 is 17.9 Å². The quantitative estimate of drug-likeness (QED) is 0.0261. The van der Waals surface area contributed by atoms with Crippen LogP contribution in [0.5, 0.6) is 0 Å². The molecule has 0 rings (SSSR count). The molecule has 6 heteroatoms. The molecule has 6 nitrogen and oxygen atoms in total. The SMILES string of the molecule is CC/C=C\C/C=C\C/C=C\CCCCCCCC(=O)OCC(COC(=O)CCCCCCCCCCCC/C=C\C/C=C\C/C=C\CCCCCCC)OC(=O)CCCCCCCCCCCCCCCCCCCCC. The number of unbranched alkanes of at least 4 members (excludes halogenated alkanes) is 38. The van der Waals surface area contributed by atoms with Gasteiger partial charge < -0.3 is 14.2 Å². The normalized spacial score (nSPS) is 12.5. The van der Waals surface area contributed by atoms with Crippen LogP contribution < -0.4 is 0 Å². The van der Waals surface area contributed by atoms with E-state index in [0.29, 0.717) is 19.3 Å². The Morgan fingerprint density at radius 1 is 0.273 bits per heavy atom. The van der Waals surface area contributed by atoms with Crippen molar-refractivity contribution in [1.29, 1.82) is 0 Å². The Morgan fingerprint density at radius 3 is 0.792 bits per heavy atom. The Bertz CT molecular complexity index is 1420. The van der Waals surface area contributed by atoms with Crippen LogP contribution in [0.2, 0.25) is 0 Å². The number of ether oxygens (including phenoxy) is 3. The highest BCUT2D eigenvalue weighted by molar-refractivity contribution is 5.71. The van der Waals surface area contributed by atoms with E-state index >= 15 is 0 Å². The number of rotatable bonds is 61. The van der Waals surface area contributed by atoms with E-state index in [1.165, 1.54) is 193 Å². The molecule has 0 spiro atoms. The molecule has 1 unspecified atom stereocenters. The molecule has 0 fully saturated rings. The first-order valence-electron chi connectivity index (χ1n) is 33.4. The van der Waals surface area contributed by atoms with E-state index in [1.54, 1.807) is 0 Å². The van der Waals surface area contributed by atoms with Crippen LogP contribution in [-0.2, 0) is 28.6 Å². The zero-order valence-corrected chi connectivity index (χ0v) is 51.2. The molecular formula is C71H126O6. The predicted octanol–water partition coefficient (Wildman–Crippen LogP) is 22.9. The molecule has 0 aromatic rings. The van der Waals surface area contributed by atoms with Gasteiger partial charge in [-0.1, -0.05) is 306 Å². The van der Waals surface area contributed by atoms with E-state index in [9.17, 15) is 14.4 Å². The second-order valence-electron chi connectivity index (χ2n) is 22.4. The molecule has 0 amide bonds. The second kappa shape index (κ2) is 65.4. The lowest BCUT2D eigenvalue weighted by atomic mass is 10.0. The number of hydrogen-bond donors (Lipinski definition) is 0. The van der Waals surface area contributed by atoms with Crippen LogP contribution >= 0.6 is 0 Å². The molecule has 0 aliphatic rings. The third kappa shape index (κ3) is 63.6. The Balaban J connectivity index is 4.33. The van der Waals surface area contributed by atoms with Gasteiger partial charge in [-0.15, -0.1) is 0 Å². The second-order valence-corrected chi connectivity index (χ2v) is 22.4. The Labute approximate surface area is 478 Å². The maximum atomic E-state index is 12.9. The minimum absolute atomic E-state index is 0.0802. The first-order chi connectivity index (χ1) is 38.0. The third-order valence-corrected chi connectivity index (χ3v) is 14.7. The van der Waals surface area contributed by atoms with Gasteiger partial charge in [0.1, 0.15) is 13.2 Å². The minimum atomic E-state index is -0.784. The van der Waals surface area contributed by atoms with Crippen LogP contribution in [0, 0.1) is 0 Å². The van der Waals surface area contributed by atoms with Gasteiger partial charge in [0, 0.05) is 19.3 Å². The van der Waals surface area contributed by atoms with Crippen LogP contribution in [0.3, 0.4) is 0 Å². The van der Waals surface area contributed by atoms with Crippen molar-refractivity contribution in [1.82, 2.24) is 0 Å². The summed E-state index contributed by atoms with van der Waals surface area (Å²) >= 11 is 0. The van der Waals surface area contributed by atoms with Crippen molar-refractivity contribution in [2.24, 2.45) is 0 Å². The molecule has 0 aliphatic carbocycles. The van der Waals surface area contributed by atoms with Crippen molar-refractivity contribution < 1.29 is 28.6 Å². The van der Waals surface area contributed by atoms with Gasteiger partial charge in [-0.2, -0.15) is 0 Å².